The van der Waals surface area contributed by atoms with Crippen LogP contribution in [0, 0.1) is 12.3 Å². The molecule has 0 radical (unpaired) electrons. The maximum atomic E-state index is 13.4. The molecule has 0 fully saturated rings. The van der Waals surface area contributed by atoms with Gasteiger partial charge in [0.05, 0.1) is 6.04 Å². The van der Waals surface area contributed by atoms with Gasteiger partial charge >= 0.3 is 5.63 Å². The molecular formula is C28H44N8O5. The van der Waals surface area contributed by atoms with Crippen LogP contribution in [0.4, 0.5) is 5.69 Å². The molecule has 3 atom stereocenters. The lowest BCUT2D eigenvalue weighted by Gasteiger charge is -2.24. The SMILES string of the molecule is CCCC[C@H](N)C(=O)N[C@@H](CCCCN)C(=O)N[C@@H](CCCNC(=N)N)C(=O)Nc1ccc2c(C)cc(=O)oc2c1. The van der Waals surface area contributed by atoms with Gasteiger partial charge < -0.3 is 42.9 Å². The fourth-order valence-electron chi connectivity index (χ4n) is 4.30. The van der Waals surface area contributed by atoms with Crippen LogP contribution >= 0.6 is 0 Å². The summed E-state index contributed by atoms with van der Waals surface area (Å²) in [5, 5.41) is 19.0. The van der Waals surface area contributed by atoms with Crippen molar-refractivity contribution in [3.8, 4) is 0 Å². The molecule has 0 spiro atoms. The Labute approximate surface area is 239 Å². The Morgan fingerprint density at radius 2 is 1.63 bits per heavy atom. The van der Waals surface area contributed by atoms with Crippen molar-refractivity contribution in [1.82, 2.24) is 16.0 Å². The Bertz CT molecular complexity index is 1250. The second kappa shape index (κ2) is 17.0. The van der Waals surface area contributed by atoms with E-state index in [0.717, 1.165) is 23.8 Å². The van der Waals surface area contributed by atoms with Crippen molar-refractivity contribution < 1.29 is 18.8 Å². The Morgan fingerprint density at radius 3 is 2.32 bits per heavy atom. The van der Waals surface area contributed by atoms with E-state index >= 15 is 0 Å². The molecule has 13 nitrogen and oxygen atoms in total. The highest BCUT2D eigenvalue weighted by Gasteiger charge is 2.28. The normalized spacial score (nSPS) is 13.2. The lowest BCUT2D eigenvalue weighted by atomic mass is 10.0. The highest BCUT2D eigenvalue weighted by Crippen LogP contribution is 2.21. The number of aryl methyl sites for hydroxylation is 1. The summed E-state index contributed by atoms with van der Waals surface area (Å²) in [6.07, 6.45) is 4.40. The van der Waals surface area contributed by atoms with Crippen LogP contribution in [0.5, 0.6) is 0 Å². The quantitative estimate of drug-likeness (QED) is 0.0582. The minimum Gasteiger partial charge on any atom is -0.423 e. The Kier molecular flexibility index (Phi) is 13.8. The van der Waals surface area contributed by atoms with Gasteiger partial charge in [-0.2, -0.15) is 0 Å². The van der Waals surface area contributed by atoms with E-state index in [-0.39, 0.29) is 12.4 Å². The summed E-state index contributed by atoms with van der Waals surface area (Å²) in [7, 11) is 0. The third-order valence-corrected chi connectivity index (χ3v) is 6.62. The highest BCUT2D eigenvalue weighted by atomic mass is 16.4. The molecule has 0 aliphatic carbocycles. The number of fused-ring (bicyclic) bond motifs is 1. The molecule has 0 aliphatic rings. The standard InChI is InChI=1S/C28H44N8O5/c1-3-4-8-20(30)25(38)35-21(9-5-6-13-29)27(40)36-22(10-7-14-33-28(31)32)26(39)34-18-11-12-19-17(2)15-24(37)41-23(19)16-18/h11-12,15-16,20-22H,3-10,13-14,29-30H2,1-2H3,(H,34,39)(H,35,38)(H,36,40)(H4,31,32,33)/t20-,21-,22-/m0/s1. The molecule has 0 saturated carbocycles. The van der Waals surface area contributed by atoms with Crippen molar-refractivity contribution in [2.24, 2.45) is 17.2 Å². The number of rotatable bonds is 17. The third kappa shape index (κ3) is 11.2. The van der Waals surface area contributed by atoms with Gasteiger partial charge in [-0.1, -0.05) is 19.8 Å². The topological polar surface area (TPSA) is 231 Å². The molecule has 0 saturated heterocycles. The predicted molar refractivity (Wildman–Crippen MR) is 159 cm³/mol. The summed E-state index contributed by atoms with van der Waals surface area (Å²) in [6, 6.07) is 3.74. The Balaban J connectivity index is 2.21. The maximum Gasteiger partial charge on any atom is 0.336 e. The number of nitrogens with two attached hydrogens (primary N) is 3. The molecule has 226 valence electrons. The molecule has 11 N–H and O–H groups in total. The number of anilines is 1. The van der Waals surface area contributed by atoms with Crippen molar-refractivity contribution in [2.75, 3.05) is 18.4 Å². The van der Waals surface area contributed by atoms with Gasteiger partial charge in [0.25, 0.3) is 0 Å². The zero-order valence-corrected chi connectivity index (χ0v) is 23.9. The fourth-order valence-corrected chi connectivity index (χ4v) is 4.30. The number of unbranched alkanes of at least 4 members (excludes halogenated alkanes) is 2. The van der Waals surface area contributed by atoms with Crippen LogP contribution in [0.3, 0.4) is 0 Å². The van der Waals surface area contributed by atoms with Crippen LogP contribution in [0.15, 0.2) is 33.5 Å². The summed E-state index contributed by atoms with van der Waals surface area (Å²) in [6.45, 7) is 4.55. The first-order chi connectivity index (χ1) is 19.5. The Hall–Kier alpha value is -3.97. The fraction of sp³-hybridized carbons (Fsp3) is 0.536. The van der Waals surface area contributed by atoms with E-state index in [0.29, 0.717) is 56.5 Å². The lowest BCUT2D eigenvalue weighted by Crippen LogP contribution is -2.55. The smallest absolute Gasteiger partial charge is 0.336 e. The zero-order chi connectivity index (χ0) is 30.4. The summed E-state index contributed by atoms with van der Waals surface area (Å²) in [4.78, 5) is 51.2. The van der Waals surface area contributed by atoms with Gasteiger partial charge in [0, 0.05) is 29.8 Å². The molecule has 2 aromatic rings. The van der Waals surface area contributed by atoms with Gasteiger partial charge in [0.15, 0.2) is 5.96 Å². The Morgan fingerprint density at radius 1 is 0.951 bits per heavy atom. The largest absolute Gasteiger partial charge is 0.423 e. The van der Waals surface area contributed by atoms with Crippen LogP contribution < -0.4 is 44.1 Å². The number of hydrogen-bond acceptors (Lipinski definition) is 8. The number of benzene rings is 1. The number of hydrogen-bond donors (Lipinski definition) is 8. The van der Waals surface area contributed by atoms with Gasteiger partial charge in [0.2, 0.25) is 17.7 Å². The molecule has 1 heterocycles. The van der Waals surface area contributed by atoms with E-state index in [1.807, 2.05) is 6.92 Å². The molecular weight excluding hydrogens is 528 g/mol. The van der Waals surface area contributed by atoms with Gasteiger partial charge in [0.1, 0.15) is 17.7 Å². The van der Waals surface area contributed by atoms with E-state index in [9.17, 15) is 19.2 Å². The van der Waals surface area contributed by atoms with Crippen LogP contribution in [-0.4, -0.2) is 54.9 Å². The van der Waals surface area contributed by atoms with Crippen molar-refractivity contribution >= 4 is 40.3 Å². The van der Waals surface area contributed by atoms with E-state index in [1.165, 1.54) is 6.07 Å². The summed E-state index contributed by atoms with van der Waals surface area (Å²) >= 11 is 0. The van der Waals surface area contributed by atoms with Crippen molar-refractivity contribution in [1.29, 1.82) is 5.41 Å². The number of carbonyl (C=O) groups is 3. The summed E-state index contributed by atoms with van der Waals surface area (Å²) in [5.74, 6) is -1.64. The van der Waals surface area contributed by atoms with Crippen LogP contribution in [0.1, 0.15) is 63.9 Å². The number of guanidine groups is 1. The van der Waals surface area contributed by atoms with Crippen LogP contribution in [0.25, 0.3) is 11.0 Å². The minimum atomic E-state index is -0.973. The second-order valence-electron chi connectivity index (χ2n) is 10.1. The molecule has 1 aromatic carbocycles. The zero-order valence-electron chi connectivity index (χ0n) is 23.9. The monoisotopic (exact) mass is 572 g/mol. The number of nitrogens with one attached hydrogen (secondary N) is 5. The van der Waals surface area contributed by atoms with E-state index in [4.69, 9.17) is 27.0 Å². The first-order valence-corrected chi connectivity index (χ1v) is 14.0. The first-order valence-electron chi connectivity index (χ1n) is 14.0. The highest BCUT2D eigenvalue weighted by molar-refractivity contribution is 5.99. The average molecular weight is 573 g/mol. The predicted octanol–water partition coefficient (Wildman–Crippen LogP) is 0.919. The molecule has 0 unspecified atom stereocenters. The van der Waals surface area contributed by atoms with Gasteiger partial charge in [-0.05, 0) is 69.7 Å². The minimum absolute atomic E-state index is 0.204. The molecule has 0 bridgehead atoms. The average Bonchev–Trinajstić information content (AvgIpc) is 2.92. The summed E-state index contributed by atoms with van der Waals surface area (Å²) < 4.78 is 5.27. The maximum absolute atomic E-state index is 13.4. The first kappa shape index (κ1) is 33.2. The molecule has 13 heteroatoms. The molecule has 0 aliphatic heterocycles. The second-order valence-corrected chi connectivity index (χ2v) is 10.1. The van der Waals surface area contributed by atoms with Crippen LogP contribution in [0.2, 0.25) is 0 Å². The molecule has 41 heavy (non-hydrogen) atoms. The van der Waals surface area contributed by atoms with E-state index in [1.54, 1.807) is 25.1 Å². The van der Waals surface area contributed by atoms with Gasteiger partial charge in [-0.15, -0.1) is 0 Å². The van der Waals surface area contributed by atoms with Crippen molar-refractivity contribution in [3.63, 3.8) is 0 Å². The molecule has 3 amide bonds. The van der Waals surface area contributed by atoms with Gasteiger partial charge in [-0.25, -0.2) is 4.79 Å². The summed E-state index contributed by atoms with van der Waals surface area (Å²) in [5.41, 5.74) is 17.9. The van der Waals surface area contributed by atoms with E-state index in [2.05, 4.69) is 21.3 Å². The van der Waals surface area contributed by atoms with Crippen molar-refractivity contribution in [3.05, 3.63) is 40.2 Å². The molecule has 2 rings (SSSR count). The van der Waals surface area contributed by atoms with Gasteiger partial charge in [-0.3, -0.25) is 19.8 Å². The lowest BCUT2D eigenvalue weighted by molar-refractivity contribution is -0.131. The third-order valence-electron chi connectivity index (χ3n) is 6.62. The molecule has 1 aromatic heterocycles. The van der Waals surface area contributed by atoms with Crippen molar-refractivity contribution in [2.45, 2.75) is 83.3 Å². The van der Waals surface area contributed by atoms with Crippen LogP contribution in [-0.2, 0) is 14.4 Å². The van der Waals surface area contributed by atoms with E-state index < -0.39 is 41.5 Å². The number of carbonyl (C=O) groups excluding carboxylic acids is 3. The number of amides is 3.